The van der Waals surface area contributed by atoms with Crippen LogP contribution in [-0.4, -0.2) is 72.3 Å². The van der Waals surface area contributed by atoms with E-state index in [0.717, 1.165) is 38.6 Å². The molecule has 0 aromatic heterocycles. The Balaban J connectivity index is 0.00000729. The zero-order valence-electron chi connectivity index (χ0n) is 17.2. The van der Waals surface area contributed by atoms with Gasteiger partial charge < -0.3 is 20.3 Å². The molecule has 28 heavy (non-hydrogen) atoms. The molecule has 0 spiro atoms. The van der Waals surface area contributed by atoms with Gasteiger partial charge in [0, 0.05) is 44.7 Å². The predicted molar refractivity (Wildman–Crippen MR) is 129 cm³/mol. The molecule has 0 saturated heterocycles. The van der Waals surface area contributed by atoms with Crippen molar-refractivity contribution in [2.45, 2.75) is 20.3 Å². The Hall–Kier alpha value is -1.07. The number of nitrogens with one attached hydrogen (secondary N) is 2. The first-order valence-electron chi connectivity index (χ1n) is 9.54. The quantitative estimate of drug-likeness (QED) is 0.178. The fourth-order valence-electron chi connectivity index (χ4n) is 2.46. The number of sulfone groups is 1. The molecule has 0 heterocycles. The number of para-hydroxylation sites is 1. The van der Waals surface area contributed by atoms with E-state index >= 15 is 0 Å². The normalized spacial score (nSPS) is 11.6. The minimum Gasteiger partial charge on any atom is -0.379 e. The van der Waals surface area contributed by atoms with Gasteiger partial charge in [0.2, 0.25) is 0 Å². The number of anilines is 1. The van der Waals surface area contributed by atoms with Crippen LogP contribution >= 0.6 is 24.0 Å². The number of hydrogen-bond acceptors (Lipinski definition) is 5. The number of rotatable bonds is 13. The van der Waals surface area contributed by atoms with Crippen LogP contribution in [0.25, 0.3) is 0 Å². The van der Waals surface area contributed by atoms with Gasteiger partial charge >= 0.3 is 0 Å². The predicted octanol–water partition coefficient (Wildman–Crippen LogP) is 2.14. The average Bonchev–Trinajstić information content (AvgIpc) is 2.64. The summed E-state index contributed by atoms with van der Waals surface area (Å²) in [5.41, 5.74) is 1.24. The van der Waals surface area contributed by atoms with Crippen LogP contribution in [0.15, 0.2) is 35.3 Å². The molecule has 0 aliphatic heterocycles. The van der Waals surface area contributed by atoms with E-state index in [0.29, 0.717) is 13.2 Å². The van der Waals surface area contributed by atoms with Crippen molar-refractivity contribution < 1.29 is 13.2 Å². The fraction of sp³-hybridized carbons (Fsp3) is 0.632. The minimum absolute atomic E-state index is 0. The highest BCUT2D eigenvalue weighted by Gasteiger charge is 2.04. The van der Waals surface area contributed by atoms with Gasteiger partial charge in [0.05, 0.1) is 19.0 Å². The average molecular weight is 526 g/mol. The third kappa shape index (κ3) is 13.2. The highest BCUT2D eigenvalue weighted by molar-refractivity contribution is 14.0. The van der Waals surface area contributed by atoms with E-state index in [1.165, 1.54) is 11.9 Å². The SMILES string of the molecule is CCNC(=NCCCN(CC)c1ccccc1)NCCOCCS(C)(=O)=O.I. The summed E-state index contributed by atoms with van der Waals surface area (Å²) in [5, 5.41) is 6.41. The van der Waals surface area contributed by atoms with Crippen molar-refractivity contribution in [2.24, 2.45) is 4.99 Å². The van der Waals surface area contributed by atoms with Crippen molar-refractivity contribution in [3.63, 3.8) is 0 Å². The van der Waals surface area contributed by atoms with Crippen molar-refractivity contribution in [1.82, 2.24) is 10.6 Å². The second kappa shape index (κ2) is 15.8. The molecule has 1 rings (SSSR count). The Morgan fingerprint density at radius 2 is 1.86 bits per heavy atom. The molecule has 162 valence electrons. The van der Waals surface area contributed by atoms with Crippen LogP contribution in [0.1, 0.15) is 20.3 Å². The second-order valence-electron chi connectivity index (χ2n) is 6.20. The van der Waals surface area contributed by atoms with Gasteiger partial charge in [-0.05, 0) is 32.4 Å². The molecule has 0 aliphatic rings. The molecule has 7 nitrogen and oxygen atoms in total. The molecule has 2 N–H and O–H groups in total. The van der Waals surface area contributed by atoms with Gasteiger partial charge in [-0.3, -0.25) is 4.99 Å². The Morgan fingerprint density at radius 1 is 1.14 bits per heavy atom. The highest BCUT2D eigenvalue weighted by Crippen LogP contribution is 2.12. The lowest BCUT2D eigenvalue weighted by molar-refractivity contribution is 0.154. The monoisotopic (exact) mass is 526 g/mol. The van der Waals surface area contributed by atoms with Crippen molar-refractivity contribution in [3.8, 4) is 0 Å². The molecular weight excluding hydrogens is 491 g/mol. The van der Waals surface area contributed by atoms with Crippen LogP contribution in [0.5, 0.6) is 0 Å². The van der Waals surface area contributed by atoms with Gasteiger partial charge in [-0.15, -0.1) is 24.0 Å². The summed E-state index contributed by atoms with van der Waals surface area (Å²) in [6.45, 7) is 8.87. The van der Waals surface area contributed by atoms with E-state index in [1.807, 2.05) is 13.0 Å². The van der Waals surface area contributed by atoms with Crippen molar-refractivity contribution in [1.29, 1.82) is 0 Å². The number of ether oxygens (including phenoxy) is 1. The Kier molecular flexibility index (Phi) is 15.2. The summed E-state index contributed by atoms with van der Waals surface area (Å²) in [7, 11) is -2.97. The molecule has 0 unspecified atom stereocenters. The maximum atomic E-state index is 11.0. The zero-order valence-corrected chi connectivity index (χ0v) is 20.3. The number of guanidine groups is 1. The summed E-state index contributed by atoms with van der Waals surface area (Å²) in [6.07, 6.45) is 2.17. The van der Waals surface area contributed by atoms with Gasteiger partial charge in [-0.2, -0.15) is 0 Å². The van der Waals surface area contributed by atoms with E-state index in [1.54, 1.807) is 0 Å². The summed E-state index contributed by atoms with van der Waals surface area (Å²) < 4.78 is 27.4. The van der Waals surface area contributed by atoms with Crippen molar-refractivity contribution >= 4 is 45.5 Å². The summed E-state index contributed by atoms with van der Waals surface area (Å²) in [5.74, 6) is 0.809. The third-order valence-electron chi connectivity index (χ3n) is 3.84. The van der Waals surface area contributed by atoms with Gasteiger partial charge in [0.25, 0.3) is 0 Å². The lowest BCUT2D eigenvalue weighted by Crippen LogP contribution is -2.39. The lowest BCUT2D eigenvalue weighted by Gasteiger charge is -2.22. The fourth-order valence-corrected chi connectivity index (χ4v) is 2.88. The Labute approximate surface area is 187 Å². The van der Waals surface area contributed by atoms with Crippen LogP contribution in [-0.2, 0) is 14.6 Å². The maximum Gasteiger partial charge on any atom is 0.191 e. The molecule has 1 aromatic rings. The van der Waals surface area contributed by atoms with Crippen molar-refractivity contribution in [2.75, 3.05) is 62.8 Å². The first kappa shape index (κ1) is 26.9. The number of benzene rings is 1. The molecule has 0 atom stereocenters. The largest absolute Gasteiger partial charge is 0.379 e. The van der Waals surface area contributed by atoms with E-state index in [9.17, 15) is 8.42 Å². The zero-order chi connectivity index (χ0) is 20.0. The number of halogens is 1. The first-order valence-corrected chi connectivity index (χ1v) is 11.6. The van der Waals surface area contributed by atoms with Gasteiger partial charge in [0.15, 0.2) is 5.96 Å². The maximum absolute atomic E-state index is 11.0. The Bertz CT molecular complexity index is 642. The summed E-state index contributed by atoms with van der Waals surface area (Å²) in [4.78, 5) is 6.93. The topological polar surface area (TPSA) is 83.0 Å². The minimum atomic E-state index is -2.97. The molecule has 0 radical (unpaired) electrons. The lowest BCUT2D eigenvalue weighted by atomic mass is 10.2. The van der Waals surface area contributed by atoms with Gasteiger partial charge in [-0.1, -0.05) is 18.2 Å². The molecule has 9 heteroatoms. The van der Waals surface area contributed by atoms with Gasteiger partial charge in [-0.25, -0.2) is 8.42 Å². The van der Waals surface area contributed by atoms with Crippen LogP contribution in [0.3, 0.4) is 0 Å². The van der Waals surface area contributed by atoms with Crippen LogP contribution in [0, 0.1) is 0 Å². The number of nitrogens with zero attached hydrogens (tertiary/aromatic N) is 2. The van der Waals surface area contributed by atoms with Crippen LogP contribution in [0.4, 0.5) is 5.69 Å². The van der Waals surface area contributed by atoms with Crippen molar-refractivity contribution in [3.05, 3.63) is 30.3 Å². The highest BCUT2D eigenvalue weighted by atomic mass is 127. The molecule has 1 aromatic carbocycles. The smallest absolute Gasteiger partial charge is 0.191 e. The molecular formula is C19H35IN4O3S. The summed E-state index contributed by atoms with van der Waals surface area (Å²) >= 11 is 0. The number of hydrogen-bond donors (Lipinski definition) is 2. The third-order valence-corrected chi connectivity index (χ3v) is 4.75. The van der Waals surface area contributed by atoms with E-state index in [2.05, 4.69) is 51.7 Å². The molecule has 0 fully saturated rings. The summed E-state index contributed by atoms with van der Waals surface area (Å²) in [6, 6.07) is 10.4. The van der Waals surface area contributed by atoms with Crippen LogP contribution < -0.4 is 15.5 Å². The molecule has 0 bridgehead atoms. The standard InChI is InChI=1S/C19H34N4O3S.HI/c1-4-20-19(22-13-15-26-16-17-27(3,24)25)21-12-9-14-23(5-2)18-10-7-6-8-11-18;/h6-8,10-11H,4-5,9,12-17H2,1-3H3,(H2,20,21,22);1H. The Morgan fingerprint density at radius 3 is 2.46 bits per heavy atom. The second-order valence-corrected chi connectivity index (χ2v) is 8.46. The molecule has 0 saturated carbocycles. The van der Waals surface area contributed by atoms with E-state index in [-0.39, 0.29) is 36.3 Å². The van der Waals surface area contributed by atoms with E-state index in [4.69, 9.17) is 4.74 Å². The van der Waals surface area contributed by atoms with Crippen LogP contribution in [0.2, 0.25) is 0 Å². The molecule has 0 amide bonds. The van der Waals surface area contributed by atoms with E-state index < -0.39 is 9.84 Å². The first-order chi connectivity index (χ1) is 13.0. The van der Waals surface area contributed by atoms with Gasteiger partial charge in [0.1, 0.15) is 9.84 Å². The number of aliphatic imine (C=N–C) groups is 1. The molecule has 0 aliphatic carbocycles.